The summed E-state index contributed by atoms with van der Waals surface area (Å²) in [5.41, 5.74) is 5.06. The summed E-state index contributed by atoms with van der Waals surface area (Å²) in [6.45, 7) is 0. The van der Waals surface area contributed by atoms with Gasteiger partial charge in [0.25, 0.3) is 5.91 Å². The molecule has 2 aromatic carbocycles. The van der Waals surface area contributed by atoms with E-state index in [1.165, 1.54) is 11.3 Å². The average molecular weight is 439 g/mol. The van der Waals surface area contributed by atoms with Gasteiger partial charge in [0.15, 0.2) is 0 Å². The van der Waals surface area contributed by atoms with Crippen molar-refractivity contribution in [1.82, 2.24) is 4.98 Å². The molecule has 0 saturated carbocycles. The minimum atomic E-state index is -0.226. The van der Waals surface area contributed by atoms with Gasteiger partial charge in [-0.05, 0) is 35.7 Å². The molecule has 2 aromatic heterocycles. The number of thiazole rings is 1. The fourth-order valence-electron chi connectivity index (χ4n) is 2.54. The highest BCUT2D eigenvalue weighted by Gasteiger charge is 2.16. The summed E-state index contributed by atoms with van der Waals surface area (Å²) >= 11 is 8.83. The first-order valence-corrected chi connectivity index (χ1v) is 10.7. The van der Waals surface area contributed by atoms with Crippen LogP contribution < -0.4 is 10.7 Å². The van der Waals surface area contributed by atoms with Crippen molar-refractivity contribution in [3.8, 4) is 11.3 Å². The van der Waals surface area contributed by atoms with Gasteiger partial charge in [0.05, 0.1) is 6.21 Å². The van der Waals surface area contributed by atoms with Gasteiger partial charge in [-0.15, -0.1) is 11.3 Å². The minimum Gasteiger partial charge on any atom is -0.312 e. The van der Waals surface area contributed by atoms with Crippen LogP contribution in [0.15, 0.2) is 77.2 Å². The fourth-order valence-corrected chi connectivity index (χ4v) is 4.08. The van der Waals surface area contributed by atoms with Crippen LogP contribution in [-0.2, 0) is 0 Å². The first-order valence-electron chi connectivity index (χ1n) is 8.65. The zero-order chi connectivity index (χ0) is 20.1. The van der Waals surface area contributed by atoms with Gasteiger partial charge >= 0.3 is 0 Å². The Bertz CT molecular complexity index is 1120. The van der Waals surface area contributed by atoms with Crippen molar-refractivity contribution >= 4 is 56.5 Å². The Kier molecular flexibility index (Phi) is 6.00. The second-order valence-electron chi connectivity index (χ2n) is 5.91. The zero-order valence-corrected chi connectivity index (χ0v) is 17.4. The third kappa shape index (κ3) is 4.89. The number of anilines is 2. The van der Waals surface area contributed by atoms with Crippen LogP contribution in [0, 0.1) is 0 Å². The Balaban J connectivity index is 1.59. The van der Waals surface area contributed by atoms with E-state index in [1.807, 2.05) is 47.8 Å². The molecule has 0 aliphatic rings. The van der Waals surface area contributed by atoms with E-state index in [-0.39, 0.29) is 5.91 Å². The largest absolute Gasteiger partial charge is 0.312 e. The van der Waals surface area contributed by atoms with Gasteiger partial charge in [-0.1, -0.05) is 59.3 Å². The molecule has 2 N–H and O–H groups in total. The van der Waals surface area contributed by atoms with Crippen LogP contribution >= 0.6 is 34.3 Å². The van der Waals surface area contributed by atoms with E-state index in [2.05, 4.69) is 20.8 Å². The van der Waals surface area contributed by atoms with E-state index >= 15 is 0 Å². The Hall–Kier alpha value is -3.00. The SMILES string of the molecule is O=C(Nc1sc(N/N=C/c2cccs2)nc1-c1ccccc1)c1ccc(Cl)cc1. The van der Waals surface area contributed by atoms with Crippen molar-refractivity contribution in [2.45, 2.75) is 0 Å². The molecule has 29 heavy (non-hydrogen) atoms. The fraction of sp³-hybridized carbons (Fsp3) is 0. The van der Waals surface area contributed by atoms with E-state index in [0.717, 1.165) is 10.4 Å². The monoisotopic (exact) mass is 438 g/mol. The highest BCUT2D eigenvalue weighted by atomic mass is 35.5. The number of nitrogens with one attached hydrogen (secondary N) is 2. The van der Waals surface area contributed by atoms with Crippen molar-refractivity contribution in [2.24, 2.45) is 5.10 Å². The standard InChI is InChI=1S/C21H15ClN4OS2/c22-16-10-8-15(9-11-16)19(27)25-20-18(14-5-2-1-3-6-14)24-21(29-20)26-23-13-17-7-4-12-28-17/h1-13H,(H,24,26)(H,25,27)/b23-13+. The predicted octanol–water partition coefficient (Wildman–Crippen LogP) is 6.22. The van der Waals surface area contributed by atoms with Gasteiger partial charge in [-0.25, -0.2) is 4.98 Å². The molecule has 2 heterocycles. The van der Waals surface area contributed by atoms with E-state index < -0.39 is 0 Å². The number of benzene rings is 2. The van der Waals surface area contributed by atoms with E-state index in [1.54, 1.807) is 41.8 Å². The third-order valence-corrected chi connectivity index (χ3v) is 5.84. The van der Waals surface area contributed by atoms with Crippen LogP contribution in [-0.4, -0.2) is 17.1 Å². The quantitative estimate of drug-likeness (QED) is 0.277. The molecule has 8 heteroatoms. The molecule has 0 aliphatic carbocycles. The van der Waals surface area contributed by atoms with Crippen molar-refractivity contribution in [3.05, 3.63) is 87.6 Å². The summed E-state index contributed by atoms with van der Waals surface area (Å²) in [6.07, 6.45) is 1.74. The molecule has 144 valence electrons. The molecule has 4 rings (SSSR count). The number of rotatable bonds is 6. The van der Waals surface area contributed by atoms with E-state index in [9.17, 15) is 4.79 Å². The Labute approximate surface area is 180 Å². The molecular formula is C21H15ClN4OS2. The molecular weight excluding hydrogens is 424 g/mol. The minimum absolute atomic E-state index is 0.226. The van der Waals surface area contributed by atoms with Gasteiger partial charge in [0.2, 0.25) is 5.13 Å². The van der Waals surface area contributed by atoms with Crippen LogP contribution in [0.25, 0.3) is 11.3 Å². The van der Waals surface area contributed by atoms with Crippen LogP contribution in [0.3, 0.4) is 0 Å². The van der Waals surface area contributed by atoms with Gasteiger partial charge in [0, 0.05) is 21.0 Å². The number of carbonyl (C=O) groups excluding carboxylic acids is 1. The number of aromatic nitrogens is 1. The third-order valence-electron chi connectivity index (χ3n) is 3.90. The van der Waals surface area contributed by atoms with E-state index in [0.29, 0.717) is 26.4 Å². The molecule has 5 nitrogen and oxygen atoms in total. The summed E-state index contributed by atoms with van der Waals surface area (Å²) in [7, 11) is 0. The molecule has 0 spiro atoms. The number of carbonyl (C=O) groups is 1. The molecule has 0 aliphatic heterocycles. The second kappa shape index (κ2) is 9.00. The number of hydrogen-bond donors (Lipinski definition) is 2. The lowest BCUT2D eigenvalue weighted by molar-refractivity contribution is 0.102. The van der Waals surface area contributed by atoms with Gasteiger partial charge in [0.1, 0.15) is 10.7 Å². The molecule has 0 bridgehead atoms. The normalized spacial score (nSPS) is 10.9. The summed E-state index contributed by atoms with van der Waals surface area (Å²) < 4.78 is 0. The second-order valence-corrected chi connectivity index (χ2v) is 8.32. The molecule has 0 radical (unpaired) electrons. The molecule has 4 aromatic rings. The Morgan fingerprint density at radius 3 is 2.55 bits per heavy atom. The maximum atomic E-state index is 12.7. The van der Waals surface area contributed by atoms with Gasteiger partial charge in [-0.2, -0.15) is 5.10 Å². The lowest BCUT2D eigenvalue weighted by Gasteiger charge is -2.05. The molecule has 0 saturated heterocycles. The molecule has 0 atom stereocenters. The number of amides is 1. The number of halogens is 1. The summed E-state index contributed by atoms with van der Waals surface area (Å²) in [5.74, 6) is -0.226. The van der Waals surface area contributed by atoms with Crippen molar-refractivity contribution in [3.63, 3.8) is 0 Å². The van der Waals surface area contributed by atoms with Crippen LogP contribution in [0.5, 0.6) is 0 Å². The Morgan fingerprint density at radius 2 is 1.83 bits per heavy atom. The number of thiophene rings is 1. The number of hydrazone groups is 1. The van der Waals surface area contributed by atoms with Crippen LogP contribution in [0.4, 0.5) is 10.1 Å². The highest BCUT2D eigenvalue weighted by molar-refractivity contribution is 7.20. The van der Waals surface area contributed by atoms with E-state index in [4.69, 9.17) is 11.6 Å². The molecule has 0 unspecified atom stereocenters. The highest BCUT2D eigenvalue weighted by Crippen LogP contribution is 2.36. The van der Waals surface area contributed by atoms with Gasteiger partial charge in [-0.3, -0.25) is 10.2 Å². The predicted molar refractivity (Wildman–Crippen MR) is 122 cm³/mol. The van der Waals surface area contributed by atoms with Crippen LogP contribution in [0.2, 0.25) is 5.02 Å². The maximum absolute atomic E-state index is 12.7. The smallest absolute Gasteiger partial charge is 0.256 e. The van der Waals surface area contributed by atoms with Gasteiger partial charge < -0.3 is 5.32 Å². The Morgan fingerprint density at radius 1 is 1.03 bits per heavy atom. The van der Waals surface area contributed by atoms with Crippen molar-refractivity contribution in [2.75, 3.05) is 10.7 Å². The topological polar surface area (TPSA) is 66.4 Å². The van der Waals surface area contributed by atoms with Crippen molar-refractivity contribution < 1.29 is 4.79 Å². The first kappa shape index (κ1) is 19.3. The maximum Gasteiger partial charge on any atom is 0.256 e. The van der Waals surface area contributed by atoms with Crippen LogP contribution in [0.1, 0.15) is 15.2 Å². The summed E-state index contributed by atoms with van der Waals surface area (Å²) in [5, 5.41) is 11.0. The summed E-state index contributed by atoms with van der Waals surface area (Å²) in [4.78, 5) is 18.3. The molecule has 0 fully saturated rings. The average Bonchev–Trinajstić information content (AvgIpc) is 3.39. The van der Waals surface area contributed by atoms with Crippen molar-refractivity contribution in [1.29, 1.82) is 0 Å². The molecule has 1 amide bonds. The zero-order valence-electron chi connectivity index (χ0n) is 15.0. The number of nitrogens with zero attached hydrogens (tertiary/aromatic N) is 2. The lowest BCUT2D eigenvalue weighted by atomic mass is 10.1. The lowest BCUT2D eigenvalue weighted by Crippen LogP contribution is -2.11. The summed E-state index contributed by atoms with van der Waals surface area (Å²) in [6, 6.07) is 20.4. The first-order chi connectivity index (χ1) is 14.2. The number of hydrogen-bond acceptors (Lipinski definition) is 6.